The smallest absolute Gasteiger partial charge is 0.265 e. The quantitative estimate of drug-likeness (QED) is 0.670. The molecule has 2 saturated carbocycles. The number of imide groups is 1. The topological polar surface area (TPSA) is 106 Å². The van der Waals surface area contributed by atoms with Crippen LogP contribution in [0.1, 0.15) is 58.3 Å². The molecule has 2 heterocycles. The average Bonchev–Trinajstić information content (AvgIpc) is 3.32. The van der Waals surface area contributed by atoms with Crippen molar-refractivity contribution in [1.29, 1.82) is 0 Å². The maximum absolute atomic E-state index is 14.0. The van der Waals surface area contributed by atoms with Crippen LogP contribution in [0.25, 0.3) is 0 Å². The number of carbonyl (C=O) groups is 3. The van der Waals surface area contributed by atoms with Gasteiger partial charge in [-0.2, -0.15) is 0 Å². The van der Waals surface area contributed by atoms with E-state index in [9.17, 15) is 14.4 Å². The Hall–Kier alpha value is -1.84. The molecule has 0 bridgehead atoms. The molecule has 1 aromatic heterocycles. The Balaban J connectivity index is 1.68. The van der Waals surface area contributed by atoms with Gasteiger partial charge >= 0.3 is 0 Å². The summed E-state index contributed by atoms with van der Waals surface area (Å²) >= 11 is 1.21. The molecule has 8 nitrogen and oxygen atoms in total. The Bertz CT molecular complexity index is 813. The van der Waals surface area contributed by atoms with Crippen molar-refractivity contribution in [1.82, 2.24) is 9.88 Å². The van der Waals surface area contributed by atoms with Gasteiger partial charge in [0.25, 0.3) is 11.8 Å². The Morgan fingerprint density at radius 3 is 2.52 bits per heavy atom. The van der Waals surface area contributed by atoms with Gasteiger partial charge in [-0.1, -0.05) is 39.0 Å². The summed E-state index contributed by atoms with van der Waals surface area (Å²) in [5.41, 5.74) is 4.38. The second-order valence-electron chi connectivity index (χ2n) is 9.41. The van der Waals surface area contributed by atoms with Gasteiger partial charge in [-0.3, -0.25) is 14.4 Å². The zero-order chi connectivity index (χ0) is 22.1. The molecule has 3 aliphatic rings. The van der Waals surface area contributed by atoms with E-state index in [1.807, 2.05) is 6.92 Å². The van der Waals surface area contributed by atoms with Crippen LogP contribution in [-0.4, -0.2) is 59.4 Å². The number of hydrogen-bond acceptors (Lipinski definition) is 7. The number of aromatic nitrogens is 1. The molecule has 1 saturated heterocycles. The molecular formula is C22H32N4O4S. The van der Waals surface area contributed by atoms with Crippen molar-refractivity contribution in [3.05, 3.63) is 11.6 Å². The minimum atomic E-state index is -1.79. The number of nitrogens with two attached hydrogens (primary N) is 1. The SMILES string of the molecule is CC1(C(=O)N(C(=O)[C@@](N)(CC2CCCCC2)C(=O)N2CCOCC2)c2nccs2)CC1. The molecular weight excluding hydrogens is 416 g/mol. The Labute approximate surface area is 187 Å². The number of ether oxygens (including phenoxy) is 1. The van der Waals surface area contributed by atoms with E-state index in [0.717, 1.165) is 43.4 Å². The minimum Gasteiger partial charge on any atom is -0.378 e. The molecule has 170 valence electrons. The molecule has 9 heteroatoms. The Morgan fingerprint density at radius 2 is 1.94 bits per heavy atom. The van der Waals surface area contributed by atoms with E-state index in [4.69, 9.17) is 10.5 Å². The van der Waals surface area contributed by atoms with Gasteiger partial charge in [0.05, 0.1) is 13.2 Å². The van der Waals surface area contributed by atoms with Gasteiger partial charge in [-0.25, -0.2) is 9.88 Å². The number of rotatable bonds is 6. The van der Waals surface area contributed by atoms with Crippen LogP contribution in [-0.2, 0) is 19.1 Å². The first kappa shape index (κ1) is 22.4. The van der Waals surface area contributed by atoms with Crippen LogP contribution in [0.15, 0.2) is 11.6 Å². The summed E-state index contributed by atoms with van der Waals surface area (Å²) in [6.07, 6.45) is 8.48. The molecule has 0 spiro atoms. The molecule has 2 aliphatic carbocycles. The fourth-order valence-electron chi connectivity index (χ4n) is 4.62. The summed E-state index contributed by atoms with van der Waals surface area (Å²) in [5, 5.41) is 2.01. The fourth-order valence-corrected chi connectivity index (χ4v) is 5.26. The largest absolute Gasteiger partial charge is 0.378 e. The molecule has 3 fully saturated rings. The lowest BCUT2D eigenvalue weighted by molar-refractivity contribution is -0.148. The van der Waals surface area contributed by atoms with Crippen molar-refractivity contribution < 1.29 is 19.1 Å². The van der Waals surface area contributed by atoms with Crippen LogP contribution >= 0.6 is 11.3 Å². The Kier molecular flexibility index (Phi) is 6.46. The summed E-state index contributed by atoms with van der Waals surface area (Å²) in [6, 6.07) is 0. The predicted octanol–water partition coefficient (Wildman–Crippen LogP) is 2.33. The van der Waals surface area contributed by atoms with E-state index in [1.54, 1.807) is 16.5 Å². The van der Waals surface area contributed by atoms with Gasteiger partial charge in [0.1, 0.15) is 0 Å². The lowest BCUT2D eigenvalue weighted by Gasteiger charge is -2.39. The number of thiazole rings is 1. The fraction of sp³-hybridized carbons (Fsp3) is 0.727. The first-order valence-electron chi connectivity index (χ1n) is 11.3. The summed E-state index contributed by atoms with van der Waals surface area (Å²) in [6.45, 7) is 3.50. The van der Waals surface area contributed by atoms with E-state index in [-0.39, 0.29) is 23.4 Å². The second kappa shape index (κ2) is 8.96. The average molecular weight is 449 g/mol. The number of anilines is 1. The molecule has 1 atom stereocenters. The van der Waals surface area contributed by atoms with Crippen LogP contribution < -0.4 is 10.6 Å². The monoisotopic (exact) mass is 448 g/mol. The zero-order valence-corrected chi connectivity index (χ0v) is 19.0. The van der Waals surface area contributed by atoms with E-state index in [1.165, 1.54) is 17.8 Å². The number of carbonyl (C=O) groups excluding carboxylic acids is 3. The minimum absolute atomic E-state index is 0.192. The summed E-state index contributed by atoms with van der Waals surface area (Å²) in [5.74, 6) is -1.15. The van der Waals surface area contributed by atoms with Crippen LogP contribution in [0.2, 0.25) is 0 Å². The number of nitrogens with zero attached hydrogens (tertiary/aromatic N) is 3. The maximum Gasteiger partial charge on any atom is 0.265 e. The van der Waals surface area contributed by atoms with Crippen molar-refractivity contribution in [2.45, 2.75) is 63.8 Å². The van der Waals surface area contributed by atoms with Crippen LogP contribution in [0.4, 0.5) is 5.13 Å². The van der Waals surface area contributed by atoms with Crippen molar-refractivity contribution in [3.63, 3.8) is 0 Å². The molecule has 1 aliphatic heterocycles. The number of morpholine rings is 1. The van der Waals surface area contributed by atoms with Gasteiger partial charge in [0.2, 0.25) is 5.91 Å². The lowest BCUT2D eigenvalue weighted by Crippen LogP contribution is -2.67. The Morgan fingerprint density at radius 1 is 1.26 bits per heavy atom. The van der Waals surface area contributed by atoms with Gasteiger partial charge in [-0.05, 0) is 25.2 Å². The number of amides is 3. The highest BCUT2D eigenvalue weighted by Crippen LogP contribution is 2.48. The molecule has 0 aromatic carbocycles. The standard InChI is InChI=1S/C22H32N4O4S/c1-21(7-8-21)17(27)26(20-24-9-14-31-20)19(29)22(23,15-16-5-3-2-4-6-16)18(28)25-10-12-30-13-11-25/h9,14,16H,2-8,10-13,15,23H2,1H3/t22-/m1/s1. The summed E-state index contributed by atoms with van der Waals surface area (Å²) in [4.78, 5) is 48.0. The van der Waals surface area contributed by atoms with Crippen molar-refractivity contribution in [3.8, 4) is 0 Å². The third kappa shape index (κ3) is 4.54. The van der Waals surface area contributed by atoms with Gasteiger partial charge < -0.3 is 15.4 Å². The van der Waals surface area contributed by atoms with E-state index < -0.39 is 22.8 Å². The number of hydrogen-bond donors (Lipinski definition) is 1. The van der Waals surface area contributed by atoms with E-state index >= 15 is 0 Å². The highest BCUT2D eigenvalue weighted by atomic mass is 32.1. The van der Waals surface area contributed by atoms with E-state index in [2.05, 4.69) is 4.98 Å². The summed E-state index contributed by atoms with van der Waals surface area (Å²) < 4.78 is 5.38. The summed E-state index contributed by atoms with van der Waals surface area (Å²) in [7, 11) is 0. The van der Waals surface area contributed by atoms with Crippen molar-refractivity contribution in [2.24, 2.45) is 17.1 Å². The first-order valence-corrected chi connectivity index (χ1v) is 12.2. The highest BCUT2D eigenvalue weighted by Gasteiger charge is 2.55. The first-order chi connectivity index (χ1) is 14.8. The molecule has 4 rings (SSSR count). The predicted molar refractivity (Wildman–Crippen MR) is 117 cm³/mol. The molecule has 3 amide bonds. The van der Waals surface area contributed by atoms with Gasteiger partial charge in [0.15, 0.2) is 10.7 Å². The van der Waals surface area contributed by atoms with Crippen molar-refractivity contribution in [2.75, 3.05) is 31.2 Å². The van der Waals surface area contributed by atoms with Crippen LogP contribution in [0.5, 0.6) is 0 Å². The lowest BCUT2D eigenvalue weighted by atomic mass is 9.78. The zero-order valence-electron chi connectivity index (χ0n) is 18.2. The normalized spacial score (nSPS) is 23.1. The molecule has 0 radical (unpaired) electrons. The van der Waals surface area contributed by atoms with Gasteiger partial charge in [-0.15, -0.1) is 11.3 Å². The molecule has 31 heavy (non-hydrogen) atoms. The second-order valence-corrected chi connectivity index (χ2v) is 10.3. The molecule has 1 aromatic rings. The van der Waals surface area contributed by atoms with Crippen molar-refractivity contribution >= 4 is 34.2 Å². The van der Waals surface area contributed by atoms with E-state index in [0.29, 0.717) is 26.3 Å². The third-order valence-electron chi connectivity index (χ3n) is 6.93. The van der Waals surface area contributed by atoms with Gasteiger partial charge in [0, 0.05) is 30.1 Å². The maximum atomic E-state index is 14.0. The van der Waals surface area contributed by atoms with Crippen LogP contribution in [0, 0.1) is 11.3 Å². The van der Waals surface area contributed by atoms with Crippen LogP contribution in [0.3, 0.4) is 0 Å². The highest BCUT2D eigenvalue weighted by molar-refractivity contribution is 7.14. The molecule has 0 unspecified atom stereocenters. The third-order valence-corrected chi connectivity index (χ3v) is 7.69. The molecule has 2 N–H and O–H groups in total.